The highest BCUT2D eigenvalue weighted by molar-refractivity contribution is 6.17. The number of ketones is 1. The minimum atomic E-state index is -1.40. The van der Waals surface area contributed by atoms with Crippen LogP contribution in [0.25, 0.3) is 21.9 Å². The third kappa shape index (κ3) is 3.30. The van der Waals surface area contributed by atoms with Gasteiger partial charge in [0.05, 0.1) is 17.5 Å². The summed E-state index contributed by atoms with van der Waals surface area (Å²) in [5.74, 6) is -2.68. The van der Waals surface area contributed by atoms with Gasteiger partial charge in [0.15, 0.2) is 5.78 Å². The van der Waals surface area contributed by atoms with Gasteiger partial charge in [-0.3, -0.25) is 23.5 Å². The van der Waals surface area contributed by atoms with Crippen LogP contribution in [0.2, 0.25) is 0 Å². The third-order valence-corrected chi connectivity index (χ3v) is 5.46. The Bertz CT molecular complexity index is 1490. The van der Waals surface area contributed by atoms with E-state index in [1.807, 2.05) is 0 Å². The Balaban J connectivity index is 2.20. The largest absolute Gasteiger partial charge is 0.465 e. The van der Waals surface area contributed by atoms with E-state index in [4.69, 9.17) is 4.74 Å². The molecule has 0 saturated heterocycles. The highest BCUT2D eigenvalue weighted by Crippen LogP contribution is 2.33. The number of hydrogen-bond acceptors (Lipinski definition) is 6. The first-order chi connectivity index (χ1) is 15.4. The molecule has 2 aromatic carbocycles. The molecular formula is C24H21N3O5. The first-order valence-electron chi connectivity index (χ1n) is 10.1. The molecule has 0 spiro atoms. The Hall–Kier alpha value is -4.07. The number of carbonyl (C=O) groups excluding carboxylic acids is 2. The van der Waals surface area contributed by atoms with Gasteiger partial charge >= 0.3 is 11.7 Å². The molecule has 32 heavy (non-hydrogen) atoms. The normalized spacial score (nSPS) is 12.1. The number of rotatable bonds is 5. The number of fused-ring (bicyclic) bond motifs is 2. The van der Waals surface area contributed by atoms with E-state index in [9.17, 15) is 19.2 Å². The Labute approximate surface area is 182 Å². The van der Waals surface area contributed by atoms with Gasteiger partial charge in [-0.25, -0.2) is 9.78 Å². The lowest BCUT2D eigenvalue weighted by Crippen LogP contribution is -2.38. The predicted octanol–water partition coefficient (Wildman–Crippen LogP) is 2.32. The summed E-state index contributed by atoms with van der Waals surface area (Å²) in [5, 5.41) is 0.508. The third-order valence-electron chi connectivity index (χ3n) is 5.46. The molecule has 4 aromatic rings. The van der Waals surface area contributed by atoms with E-state index in [2.05, 4.69) is 4.98 Å². The van der Waals surface area contributed by atoms with Crippen LogP contribution in [-0.2, 0) is 23.6 Å². The van der Waals surface area contributed by atoms with Crippen molar-refractivity contribution in [3.8, 4) is 0 Å². The van der Waals surface area contributed by atoms with E-state index >= 15 is 0 Å². The van der Waals surface area contributed by atoms with Gasteiger partial charge in [-0.05, 0) is 18.6 Å². The summed E-state index contributed by atoms with van der Waals surface area (Å²) in [6.07, 6.45) is 0. The molecule has 0 aliphatic heterocycles. The van der Waals surface area contributed by atoms with Gasteiger partial charge in [0.25, 0.3) is 5.56 Å². The van der Waals surface area contributed by atoms with Crippen molar-refractivity contribution < 1.29 is 14.3 Å². The Morgan fingerprint density at radius 3 is 2.31 bits per heavy atom. The Morgan fingerprint density at radius 1 is 0.969 bits per heavy atom. The molecule has 0 bridgehead atoms. The van der Waals surface area contributed by atoms with Crippen molar-refractivity contribution in [3.05, 3.63) is 86.6 Å². The van der Waals surface area contributed by atoms with Crippen LogP contribution in [0, 0.1) is 0 Å². The zero-order chi connectivity index (χ0) is 23.0. The Morgan fingerprint density at radius 2 is 1.62 bits per heavy atom. The smallest absolute Gasteiger partial charge is 0.332 e. The van der Waals surface area contributed by atoms with Crippen molar-refractivity contribution in [1.82, 2.24) is 14.1 Å². The fraction of sp³-hybridized carbons (Fsp3) is 0.208. The summed E-state index contributed by atoms with van der Waals surface area (Å²) in [6, 6.07) is 15.3. The zero-order valence-corrected chi connectivity index (χ0v) is 17.9. The number of carbonyl (C=O) groups is 2. The molecule has 0 radical (unpaired) electrons. The summed E-state index contributed by atoms with van der Waals surface area (Å²) >= 11 is 0. The van der Waals surface area contributed by atoms with Gasteiger partial charge in [0.2, 0.25) is 0 Å². The van der Waals surface area contributed by atoms with Crippen molar-refractivity contribution in [2.45, 2.75) is 12.8 Å². The summed E-state index contributed by atoms with van der Waals surface area (Å²) in [4.78, 5) is 57.1. The van der Waals surface area contributed by atoms with Crippen molar-refractivity contribution in [2.75, 3.05) is 6.61 Å². The number of benzene rings is 2. The van der Waals surface area contributed by atoms with Gasteiger partial charge in [0, 0.05) is 25.0 Å². The summed E-state index contributed by atoms with van der Waals surface area (Å²) in [7, 11) is 2.84. The van der Waals surface area contributed by atoms with Crippen LogP contribution in [0.1, 0.15) is 28.8 Å². The molecule has 4 rings (SSSR count). The van der Waals surface area contributed by atoms with Crippen LogP contribution < -0.4 is 11.2 Å². The van der Waals surface area contributed by atoms with Crippen molar-refractivity contribution in [2.24, 2.45) is 14.1 Å². The predicted molar refractivity (Wildman–Crippen MR) is 120 cm³/mol. The lowest BCUT2D eigenvalue weighted by molar-refractivity contribution is -0.143. The highest BCUT2D eigenvalue weighted by atomic mass is 16.5. The van der Waals surface area contributed by atoms with Gasteiger partial charge in [-0.15, -0.1) is 0 Å². The van der Waals surface area contributed by atoms with Crippen molar-refractivity contribution in [1.29, 1.82) is 0 Å². The van der Waals surface area contributed by atoms with Crippen molar-refractivity contribution >= 4 is 33.7 Å². The van der Waals surface area contributed by atoms with E-state index in [-0.39, 0.29) is 23.2 Å². The summed E-state index contributed by atoms with van der Waals surface area (Å²) in [5.41, 5.74) is -0.143. The first kappa shape index (κ1) is 21.2. The van der Waals surface area contributed by atoms with Crippen LogP contribution >= 0.6 is 0 Å². The fourth-order valence-corrected chi connectivity index (χ4v) is 3.90. The fourth-order valence-electron chi connectivity index (χ4n) is 3.90. The summed E-state index contributed by atoms with van der Waals surface area (Å²) in [6.45, 7) is 1.71. The number of para-hydroxylation sites is 1. The van der Waals surface area contributed by atoms with Gasteiger partial charge in [-0.1, -0.05) is 48.5 Å². The molecule has 162 valence electrons. The molecule has 8 nitrogen and oxygen atoms in total. The van der Waals surface area contributed by atoms with Gasteiger partial charge < -0.3 is 4.74 Å². The van der Waals surface area contributed by atoms with E-state index in [1.165, 1.54) is 18.7 Å². The second-order valence-corrected chi connectivity index (χ2v) is 7.36. The second-order valence-electron chi connectivity index (χ2n) is 7.36. The minimum absolute atomic E-state index is 0.0376. The number of hydrogen-bond donors (Lipinski definition) is 0. The molecule has 0 N–H and O–H groups in total. The number of aryl methyl sites for hydroxylation is 1. The minimum Gasteiger partial charge on any atom is -0.465 e. The zero-order valence-electron chi connectivity index (χ0n) is 17.9. The van der Waals surface area contributed by atoms with Crippen LogP contribution in [0.15, 0.2) is 64.2 Å². The number of aromatic nitrogens is 3. The maximum Gasteiger partial charge on any atom is 0.332 e. The van der Waals surface area contributed by atoms with Crippen LogP contribution in [-0.4, -0.2) is 32.5 Å². The van der Waals surface area contributed by atoms with Crippen LogP contribution in [0.4, 0.5) is 0 Å². The molecule has 2 heterocycles. The number of ether oxygens (including phenoxy) is 1. The maximum atomic E-state index is 13.6. The molecule has 0 aliphatic carbocycles. The average Bonchev–Trinajstić information content (AvgIpc) is 2.81. The summed E-state index contributed by atoms with van der Waals surface area (Å²) < 4.78 is 7.45. The topological polar surface area (TPSA) is 100 Å². The lowest BCUT2D eigenvalue weighted by Gasteiger charge is -2.20. The highest BCUT2D eigenvalue weighted by Gasteiger charge is 2.35. The van der Waals surface area contributed by atoms with Gasteiger partial charge in [-0.2, -0.15) is 0 Å². The lowest BCUT2D eigenvalue weighted by atomic mass is 9.86. The van der Waals surface area contributed by atoms with E-state index < -0.39 is 28.9 Å². The molecule has 2 aromatic heterocycles. The maximum absolute atomic E-state index is 13.6. The van der Waals surface area contributed by atoms with E-state index in [1.54, 1.807) is 61.5 Å². The van der Waals surface area contributed by atoms with Crippen LogP contribution in [0.5, 0.6) is 0 Å². The molecule has 1 unspecified atom stereocenters. The average molecular weight is 431 g/mol. The second kappa shape index (κ2) is 8.22. The monoisotopic (exact) mass is 431 g/mol. The molecule has 0 amide bonds. The van der Waals surface area contributed by atoms with Gasteiger partial charge in [0.1, 0.15) is 11.6 Å². The first-order valence-corrected chi connectivity index (χ1v) is 10.1. The molecular weight excluding hydrogens is 410 g/mol. The standard InChI is InChI=1S/C24H21N3O5/c1-4-32-23(30)18(20(28)14-10-6-5-7-11-14)17-15-12-8-9-13-16(15)25-21-19(17)22(29)27(3)24(31)26(21)2/h5-13,18H,4H2,1-3H3. The molecule has 8 heteroatoms. The number of Topliss-reactive ketones (excluding diaryl/α,β-unsaturated/α-hetero) is 1. The molecule has 0 fully saturated rings. The Kier molecular flexibility index (Phi) is 5.44. The number of esters is 1. The SMILES string of the molecule is CCOC(=O)C(C(=O)c1ccccc1)c1c2ccccc2nc2c1c(=O)n(C)c(=O)n2C. The number of pyridine rings is 1. The number of nitrogens with zero attached hydrogens (tertiary/aromatic N) is 3. The van der Waals surface area contributed by atoms with Crippen molar-refractivity contribution in [3.63, 3.8) is 0 Å². The molecule has 1 atom stereocenters. The molecule has 0 aliphatic rings. The quantitative estimate of drug-likeness (QED) is 0.208. The molecule has 0 saturated carbocycles. The van der Waals surface area contributed by atoms with Crippen LogP contribution in [0.3, 0.4) is 0 Å². The van der Waals surface area contributed by atoms with E-state index in [0.29, 0.717) is 16.5 Å². The van der Waals surface area contributed by atoms with E-state index in [0.717, 1.165) is 4.57 Å².